The lowest BCUT2D eigenvalue weighted by Crippen LogP contribution is -2.00. The van der Waals surface area contributed by atoms with Crippen molar-refractivity contribution in [1.29, 1.82) is 0 Å². The maximum absolute atomic E-state index is 5.23. The summed E-state index contributed by atoms with van der Waals surface area (Å²) >= 11 is 0. The molecule has 0 fully saturated rings. The molecular formula is C107H67N9. The molecule has 6 heterocycles. The summed E-state index contributed by atoms with van der Waals surface area (Å²) in [7, 11) is 0. The standard InChI is InChI=1S/C54H34N4.C53H33N5/c1-3-14-37(15-4-1)47-34-48(39-25-23-35-13-7-8-16-38(35)31-39)56-54(55-47)40-26-24-36-27-28-43(33-41(36)32-40)57-50-22-12-10-20-46(50)52-51(57)30-29-45-44-19-9-11-21-49(44)58(53(45)52)42-17-5-2-6-18-42;1-3-14-36(15-4-1)51-54-52(38-25-23-34-13-7-8-16-37(34)31-38)56-53(55-51)39-26-24-35-27-28-42(33-40(35)32-39)57-47-22-12-10-20-45(47)49-48(57)30-29-44-43-19-9-11-21-46(43)58(50(44)49)41-17-5-2-6-18-41/h1-34H;1-33H. The third-order valence-corrected chi connectivity index (χ3v) is 23.2. The fourth-order valence-corrected chi connectivity index (χ4v) is 17.8. The number of benzene rings is 18. The van der Waals surface area contributed by atoms with Crippen LogP contribution in [0.2, 0.25) is 0 Å². The molecule has 0 aliphatic rings. The first-order chi connectivity index (χ1) is 57.5. The summed E-state index contributed by atoms with van der Waals surface area (Å²) in [5.41, 5.74) is 21.7. The molecule has 24 aromatic rings. The number of nitrogens with zero attached hydrogens (tertiary/aromatic N) is 9. The molecule has 0 aliphatic carbocycles. The molecular weight excluding hydrogens is 1410 g/mol. The Labute approximate surface area is 666 Å². The van der Waals surface area contributed by atoms with Gasteiger partial charge in [-0.05, 0) is 158 Å². The summed E-state index contributed by atoms with van der Waals surface area (Å²) in [4.78, 5) is 25.6. The first kappa shape index (κ1) is 66.1. The molecule has 0 radical (unpaired) electrons. The smallest absolute Gasteiger partial charge is 0.164 e. The van der Waals surface area contributed by atoms with Gasteiger partial charge in [0, 0.05) is 99.2 Å². The Morgan fingerprint density at radius 3 is 0.931 bits per heavy atom. The van der Waals surface area contributed by atoms with Gasteiger partial charge >= 0.3 is 0 Å². The van der Waals surface area contributed by atoms with E-state index in [4.69, 9.17) is 24.9 Å². The second kappa shape index (κ2) is 27.1. The number of aromatic nitrogens is 9. The summed E-state index contributed by atoms with van der Waals surface area (Å²) in [6, 6.07) is 145. The van der Waals surface area contributed by atoms with Crippen molar-refractivity contribution in [2.24, 2.45) is 0 Å². The highest BCUT2D eigenvalue weighted by atomic mass is 15.0. The minimum Gasteiger partial charge on any atom is -0.309 e. The lowest BCUT2D eigenvalue weighted by molar-refractivity contribution is 1.07. The van der Waals surface area contributed by atoms with Crippen molar-refractivity contribution in [3.05, 3.63) is 406 Å². The predicted molar refractivity (Wildman–Crippen MR) is 482 cm³/mol. The van der Waals surface area contributed by atoms with Crippen LogP contribution in [0.4, 0.5) is 0 Å². The molecule has 24 rings (SSSR count). The maximum Gasteiger partial charge on any atom is 0.164 e. The fraction of sp³-hybridized carbons (Fsp3) is 0. The van der Waals surface area contributed by atoms with Crippen LogP contribution < -0.4 is 0 Å². The van der Waals surface area contributed by atoms with Crippen LogP contribution in [0.15, 0.2) is 406 Å². The normalized spacial score (nSPS) is 11.8. The molecule has 0 unspecified atom stereocenters. The molecule has 0 aliphatic heterocycles. The van der Waals surface area contributed by atoms with E-state index in [0.717, 1.165) is 105 Å². The van der Waals surface area contributed by atoms with E-state index in [-0.39, 0.29) is 0 Å². The largest absolute Gasteiger partial charge is 0.309 e. The zero-order valence-corrected chi connectivity index (χ0v) is 62.7. The number of rotatable bonds is 10. The highest BCUT2D eigenvalue weighted by molar-refractivity contribution is 6.28. The summed E-state index contributed by atoms with van der Waals surface area (Å²) in [5.74, 6) is 2.63. The summed E-state index contributed by atoms with van der Waals surface area (Å²) < 4.78 is 9.71. The minimum atomic E-state index is 0.636. The van der Waals surface area contributed by atoms with Crippen LogP contribution in [0, 0.1) is 0 Å². The third kappa shape index (κ3) is 11.0. The molecule has 6 aromatic heterocycles. The molecule has 0 N–H and O–H groups in total. The Balaban J connectivity index is 0.000000137. The number of hydrogen-bond donors (Lipinski definition) is 0. The van der Waals surface area contributed by atoms with Crippen molar-refractivity contribution < 1.29 is 0 Å². The van der Waals surface area contributed by atoms with Crippen LogP contribution in [-0.2, 0) is 0 Å². The van der Waals surface area contributed by atoms with Gasteiger partial charge in [-0.2, -0.15) is 0 Å². The number of para-hydroxylation sites is 6. The van der Waals surface area contributed by atoms with E-state index in [1.807, 2.05) is 24.3 Å². The topological polar surface area (TPSA) is 84.2 Å². The van der Waals surface area contributed by atoms with Crippen LogP contribution >= 0.6 is 0 Å². The first-order valence-electron chi connectivity index (χ1n) is 39.4. The van der Waals surface area contributed by atoms with Gasteiger partial charge in [0.1, 0.15) is 0 Å². The molecule has 9 nitrogen and oxygen atoms in total. The van der Waals surface area contributed by atoms with Gasteiger partial charge in [-0.1, -0.05) is 291 Å². The Bertz CT molecular complexity index is 7600. The van der Waals surface area contributed by atoms with E-state index in [9.17, 15) is 0 Å². The lowest BCUT2D eigenvalue weighted by atomic mass is 10.0. The van der Waals surface area contributed by atoms with Gasteiger partial charge in [-0.15, -0.1) is 0 Å². The third-order valence-electron chi connectivity index (χ3n) is 23.2. The first-order valence-corrected chi connectivity index (χ1v) is 39.4. The van der Waals surface area contributed by atoms with Gasteiger partial charge in [0.25, 0.3) is 0 Å². The highest BCUT2D eigenvalue weighted by Crippen LogP contribution is 2.46. The maximum atomic E-state index is 5.23. The molecule has 0 saturated carbocycles. The molecule has 0 bridgehead atoms. The molecule has 0 amide bonds. The quantitative estimate of drug-likeness (QED) is 0.136. The molecule has 0 saturated heterocycles. The van der Waals surface area contributed by atoms with Gasteiger partial charge in [-0.25, -0.2) is 24.9 Å². The van der Waals surface area contributed by atoms with Crippen molar-refractivity contribution >= 4 is 130 Å². The predicted octanol–water partition coefficient (Wildman–Crippen LogP) is 27.4. The molecule has 540 valence electrons. The zero-order chi connectivity index (χ0) is 76.3. The van der Waals surface area contributed by atoms with Gasteiger partial charge in [-0.3, -0.25) is 0 Å². The summed E-state index contributed by atoms with van der Waals surface area (Å²) in [5, 5.41) is 19.2. The molecule has 18 aromatic carbocycles. The van der Waals surface area contributed by atoms with Crippen molar-refractivity contribution in [2.45, 2.75) is 0 Å². The molecule has 9 heteroatoms. The Morgan fingerprint density at radius 2 is 0.474 bits per heavy atom. The average molecular weight is 1480 g/mol. The average Bonchev–Trinajstić information content (AvgIpc) is 1.55. The van der Waals surface area contributed by atoms with Crippen LogP contribution in [0.1, 0.15) is 0 Å². The van der Waals surface area contributed by atoms with E-state index in [1.165, 1.54) is 92.3 Å². The van der Waals surface area contributed by atoms with E-state index in [0.29, 0.717) is 23.3 Å². The van der Waals surface area contributed by atoms with Crippen LogP contribution in [0.3, 0.4) is 0 Å². The monoisotopic (exact) mass is 1480 g/mol. The Morgan fingerprint density at radius 1 is 0.155 bits per heavy atom. The fourth-order valence-electron chi connectivity index (χ4n) is 17.8. The van der Waals surface area contributed by atoms with Crippen molar-refractivity contribution in [3.63, 3.8) is 0 Å². The SMILES string of the molecule is c1ccc(-c2cc(-c3ccc4ccccc4c3)nc(-c3ccc4ccc(-n5c6ccccc6c6c5ccc5c7ccccc7n(-c7ccccc7)c56)cc4c3)n2)cc1.c1ccc(-c2nc(-c3ccc4ccccc4c3)nc(-c3ccc4ccc(-n5c6ccccc6c6c5ccc5c7ccccc7n(-c7ccccc7)c56)cc4c3)n2)cc1. The minimum absolute atomic E-state index is 0.636. The van der Waals surface area contributed by atoms with E-state index >= 15 is 0 Å². The van der Waals surface area contributed by atoms with Gasteiger partial charge in [0.15, 0.2) is 23.3 Å². The van der Waals surface area contributed by atoms with Crippen LogP contribution in [-0.4, -0.2) is 43.2 Å². The van der Waals surface area contributed by atoms with Gasteiger partial charge in [0.2, 0.25) is 0 Å². The lowest BCUT2D eigenvalue weighted by Gasteiger charge is -2.12. The van der Waals surface area contributed by atoms with Gasteiger partial charge < -0.3 is 18.3 Å². The molecule has 0 atom stereocenters. The van der Waals surface area contributed by atoms with Crippen molar-refractivity contribution in [2.75, 3.05) is 0 Å². The summed E-state index contributed by atoms with van der Waals surface area (Å²) in [6.45, 7) is 0. The van der Waals surface area contributed by atoms with Gasteiger partial charge in [0.05, 0.1) is 55.5 Å². The van der Waals surface area contributed by atoms with E-state index in [2.05, 4.69) is 400 Å². The van der Waals surface area contributed by atoms with E-state index < -0.39 is 0 Å². The second-order valence-electron chi connectivity index (χ2n) is 29.9. The van der Waals surface area contributed by atoms with Crippen LogP contribution in [0.5, 0.6) is 0 Å². The molecule has 0 spiro atoms. The van der Waals surface area contributed by atoms with E-state index in [1.54, 1.807) is 0 Å². The summed E-state index contributed by atoms with van der Waals surface area (Å²) in [6.07, 6.45) is 0. The number of fused-ring (bicyclic) bond motifs is 18. The molecule has 116 heavy (non-hydrogen) atoms. The zero-order valence-electron chi connectivity index (χ0n) is 62.7. The second-order valence-corrected chi connectivity index (χ2v) is 29.9. The van der Waals surface area contributed by atoms with Crippen molar-refractivity contribution in [3.8, 4) is 90.8 Å². The number of hydrogen-bond acceptors (Lipinski definition) is 5. The van der Waals surface area contributed by atoms with Crippen molar-refractivity contribution in [1.82, 2.24) is 43.2 Å². The van der Waals surface area contributed by atoms with Crippen LogP contribution in [0.25, 0.3) is 221 Å². The Kier molecular flexibility index (Phi) is 15.4. The highest BCUT2D eigenvalue weighted by Gasteiger charge is 2.25. The Hall–Kier alpha value is -15.7.